The topological polar surface area (TPSA) is 42.2 Å². The summed E-state index contributed by atoms with van der Waals surface area (Å²) in [6, 6.07) is 13.1. The standard InChI is InChI=1S/C19H15BrF3N3O/c20-16-6-4-12(5-7-16)9-26-10-14(11-26)18-24-17(25-27-18)13-2-1-3-15(8-13)19(21,22)23/h1-8,14H,9-11H2. The van der Waals surface area contributed by atoms with Crippen LogP contribution in [-0.2, 0) is 12.7 Å². The van der Waals surface area contributed by atoms with E-state index >= 15 is 0 Å². The maximum atomic E-state index is 12.9. The Morgan fingerprint density at radius 1 is 1.11 bits per heavy atom. The summed E-state index contributed by atoms with van der Waals surface area (Å²) >= 11 is 3.42. The van der Waals surface area contributed by atoms with Crippen molar-refractivity contribution in [1.82, 2.24) is 15.0 Å². The highest BCUT2D eigenvalue weighted by molar-refractivity contribution is 9.10. The van der Waals surface area contributed by atoms with Crippen molar-refractivity contribution in [2.24, 2.45) is 0 Å². The molecular weight excluding hydrogens is 423 g/mol. The summed E-state index contributed by atoms with van der Waals surface area (Å²) in [5, 5.41) is 3.85. The van der Waals surface area contributed by atoms with Gasteiger partial charge in [-0.05, 0) is 29.8 Å². The van der Waals surface area contributed by atoms with Gasteiger partial charge < -0.3 is 4.52 Å². The largest absolute Gasteiger partial charge is 0.416 e. The number of halogens is 4. The third kappa shape index (κ3) is 4.06. The number of aromatic nitrogens is 2. The highest BCUT2D eigenvalue weighted by Gasteiger charge is 2.33. The average Bonchev–Trinajstić information content (AvgIpc) is 3.08. The molecule has 0 amide bonds. The predicted molar refractivity (Wildman–Crippen MR) is 96.9 cm³/mol. The van der Waals surface area contributed by atoms with Crippen molar-refractivity contribution in [1.29, 1.82) is 0 Å². The van der Waals surface area contributed by atoms with Crippen LogP contribution in [0, 0.1) is 0 Å². The second kappa shape index (κ2) is 7.09. The van der Waals surface area contributed by atoms with Gasteiger partial charge in [-0.3, -0.25) is 4.90 Å². The lowest BCUT2D eigenvalue weighted by Crippen LogP contribution is -2.44. The fourth-order valence-corrected chi connectivity index (χ4v) is 3.32. The van der Waals surface area contributed by atoms with Gasteiger partial charge in [0.05, 0.1) is 11.5 Å². The van der Waals surface area contributed by atoms with E-state index in [9.17, 15) is 13.2 Å². The molecule has 0 spiro atoms. The van der Waals surface area contributed by atoms with E-state index in [0.717, 1.165) is 36.2 Å². The first-order valence-corrected chi connectivity index (χ1v) is 9.16. The van der Waals surface area contributed by atoms with Crippen molar-refractivity contribution in [3.8, 4) is 11.4 Å². The van der Waals surface area contributed by atoms with E-state index in [1.165, 1.54) is 11.6 Å². The minimum absolute atomic E-state index is 0.104. The minimum Gasteiger partial charge on any atom is -0.339 e. The van der Waals surface area contributed by atoms with Crippen molar-refractivity contribution in [2.75, 3.05) is 13.1 Å². The zero-order valence-electron chi connectivity index (χ0n) is 14.1. The molecule has 2 aromatic carbocycles. The summed E-state index contributed by atoms with van der Waals surface area (Å²) < 4.78 is 44.9. The van der Waals surface area contributed by atoms with Gasteiger partial charge >= 0.3 is 6.18 Å². The van der Waals surface area contributed by atoms with Gasteiger partial charge in [0, 0.05) is 29.7 Å². The Bertz CT molecular complexity index is 934. The lowest BCUT2D eigenvalue weighted by molar-refractivity contribution is -0.137. The minimum atomic E-state index is -4.40. The van der Waals surface area contributed by atoms with Crippen LogP contribution in [0.25, 0.3) is 11.4 Å². The van der Waals surface area contributed by atoms with Gasteiger partial charge in [-0.15, -0.1) is 0 Å². The molecule has 0 bridgehead atoms. The van der Waals surface area contributed by atoms with E-state index in [2.05, 4.69) is 43.1 Å². The van der Waals surface area contributed by atoms with Crippen LogP contribution < -0.4 is 0 Å². The number of hydrogen-bond acceptors (Lipinski definition) is 4. The summed E-state index contributed by atoms with van der Waals surface area (Å²) in [6.07, 6.45) is -4.40. The number of rotatable bonds is 4. The van der Waals surface area contributed by atoms with Gasteiger partial charge in [-0.25, -0.2) is 0 Å². The second-order valence-electron chi connectivity index (χ2n) is 6.55. The van der Waals surface area contributed by atoms with E-state index in [1.807, 2.05) is 12.1 Å². The quantitative estimate of drug-likeness (QED) is 0.568. The number of benzene rings is 2. The molecule has 0 N–H and O–H groups in total. The lowest BCUT2D eigenvalue weighted by atomic mass is 9.99. The number of likely N-dealkylation sites (tertiary alicyclic amines) is 1. The third-order valence-corrected chi connectivity index (χ3v) is 5.04. The van der Waals surface area contributed by atoms with Gasteiger partial charge in [0.15, 0.2) is 0 Å². The van der Waals surface area contributed by atoms with Crippen LogP contribution in [0.5, 0.6) is 0 Å². The van der Waals surface area contributed by atoms with Crippen molar-refractivity contribution < 1.29 is 17.7 Å². The van der Waals surface area contributed by atoms with Crippen LogP contribution >= 0.6 is 15.9 Å². The number of hydrogen-bond donors (Lipinski definition) is 0. The van der Waals surface area contributed by atoms with Crippen molar-refractivity contribution >= 4 is 15.9 Å². The Labute approximate surface area is 162 Å². The van der Waals surface area contributed by atoms with Crippen molar-refractivity contribution in [3.05, 3.63) is 70.0 Å². The molecule has 140 valence electrons. The molecule has 0 radical (unpaired) electrons. The summed E-state index contributed by atoms with van der Waals surface area (Å²) in [5.74, 6) is 0.754. The Kier molecular flexibility index (Phi) is 4.77. The smallest absolute Gasteiger partial charge is 0.339 e. The fourth-order valence-electron chi connectivity index (χ4n) is 3.06. The van der Waals surface area contributed by atoms with Gasteiger partial charge in [0.2, 0.25) is 11.7 Å². The van der Waals surface area contributed by atoms with Gasteiger partial charge in [0.1, 0.15) is 0 Å². The van der Waals surface area contributed by atoms with Crippen molar-refractivity contribution in [2.45, 2.75) is 18.6 Å². The van der Waals surface area contributed by atoms with E-state index < -0.39 is 11.7 Å². The molecule has 4 nitrogen and oxygen atoms in total. The molecule has 0 saturated carbocycles. The zero-order chi connectivity index (χ0) is 19.0. The Balaban J connectivity index is 1.40. The number of nitrogens with zero attached hydrogens (tertiary/aromatic N) is 3. The molecule has 1 aromatic heterocycles. The monoisotopic (exact) mass is 437 g/mol. The summed E-state index contributed by atoms with van der Waals surface area (Å²) in [5.41, 5.74) is 0.786. The second-order valence-corrected chi connectivity index (χ2v) is 7.47. The van der Waals surface area contributed by atoms with Crippen LogP contribution in [0.4, 0.5) is 13.2 Å². The molecule has 3 aromatic rings. The van der Waals surface area contributed by atoms with Crippen LogP contribution in [-0.4, -0.2) is 28.1 Å². The molecule has 0 atom stereocenters. The first-order valence-electron chi connectivity index (χ1n) is 8.36. The summed E-state index contributed by atoms with van der Waals surface area (Å²) in [6.45, 7) is 2.39. The molecule has 2 heterocycles. The van der Waals surface area contributed by atoms with Crippen LogP contribution in [0.3, 0.4) is 0 Å². The van der Waals surface area contributed by atoms with E-state index in [1.54, 1.807) is 6.07 Å². The predicted octanol–water partition coefficient (Wildman–Crippen LogP) is 5.12. The van der Waals surface area contributed by atoms with Crippen LogP contribution in [0.15, 0.2) is 57.5 Å². The molecule has 1 saturated heterocycles. The molecule has 0 aliphatic carbocycles. The van der Waals surface area contributed by atoms with Crippen LogP contribution in [0.2, 0.25) is 0 Å². The molecule has 8 heteroatoms. The molecule has 27 heavy (non-hydrogen) atoms. The fraction of sp³-hybridized carbons (Fsp3) is 0.263. The molecular formula is C19H15BrF3N3O. The zero-order valence-corrected chi connectivity index (χ0v) is 15.7. The van der Waals surface area contributed by atoms with Gasteiger partial charge in [0.25, 0.3) is 0 Å². The third-order valence-electron chi connectivity index (χ3n) is 4.52. The average molecular weight is 438 g/mol. The summed E-state index contributed by atoms with van der Waals surface area (Å²) in [4.78, 5) is 6.55. The summed E-state index contributed by atoms with van der Waals surface area (Å²) in [7, 11) is 0. The molecule has 1 fully saturated rings. The SMILES string of the molecule is FC(F)(F)c1cccc(-c2noc(C3CN(Cc4ccc(Br)cc4)C3)n2)c1. The highest BCUT2D eigenvalue weighted by atomic mass is 79.9. The Morgan fingerprint density at radius 3 is 2.56 bits per heavy atom. The molecule has 0 unspecified atom stereocenters. The van der Waals surface area contributed by atoms with E-state index in [0.29, 0.717) is 11.5 Å². The Morgan fingerprint density at radius 2 is 1.85 bits per heavy atom. The molecule has 4 rings (SSSR count). The molecule has 1 aliphatic heterocycles. The Hall–Kier alpha value is -2.19. The maximum Gasteiger partial charge on any atom is 0.416 e. The van der Waals surface area contributed by atoms with Crippen LogP contribution in [0.1, 0.15) is 22.9 Å². The first kappa shape index (κ1) is 18.2. The highest BCUT2D eigenvalue weighted by Crippen LogP contribution is 2.33. The normalized spacial score (nSPS) is 15.7. The van der Waals surface area contributed by atoms with E-state index in [4.69, 9.17) is 4.52 Å². The first-order chi connectivity index (χ1) is 12.9. The van der Waals surface area contributed by atoms with Crippen molar-refractivity contribution in [3.63, 3.8) is 0 Å². The molecule has 1 aliphatic rings. The lowest BCUT2D eigenvalue weighted by Gasteiger charge is -2.37. The van der Waals surface area contributed by atoms with E-state index in [-0.39, 0.29) is 11.7 Å². The maximum absolute atomic E-state index is 12.9. The van der Waals surface area contributed by atoms with Gasteiger partial charge in [-0.1, -0.05) is 45.4 Å². The van der Waals surface area contributed by atoms with Gasteiger partial charge in [-0.2, -0.15) is 18.2 Å². The number of alkyl halides is 3.